The molecular weight excluding hydrogens is 238 g/mol. The Morgan fingerprint density at radius 1 is 1.44 bits per heavy atom. The molecule has 0 aliphatic heterocycles. The predicted octanol–water partition coefficient (Wildman–Crippen LogP) is 0.0261. The summed E-state index contributed by atoms with van der Waals surface area (Å²) in [6.07, 6.45) is 1.59. The van der Waals surface area contributed by atoms with E-state index in [0.717, 1.165) is 12.1 Å². The van der Waals surface area contributed by atoms with Crippen LogP contribution < -0.4 is 0 Å². The Morgan fingerprint density at radius 2 is 2.22 bits per heavy atom. The zero-order valence-electron chi connectivity index (χ0n) is 10.8. The number of carbonyl (C=O) groups is 1. The van der Waals surface area contributed by atoms with Gasteiger partial charge in [0.1, 0.15) is 0 Å². The van der Waals surface area contributed by atoms with Crippen LogP contribution in [-0.2, 0) is 22.4 Å². The highest BCUT2D eigenvalue weighted by Gasteiger charge is 2.19. The molecule has 0 saturated carbocycles. The van der Waals surface area contributed by atoms with Gasteiger partial charge >= 0.3 is 5.97 Å². The van der Waals surface area contributed by atoms with Gasteiger partial charge in [-0.25, -0.2) is 9.48 Å². The molecule has 18 heavy (non-hydrogen) atoms. The normalized spacial score (nSPS) is 10.6. The average Bonchev–Trinajstić information content (AvgIpc) is 2.77. The minimum absolute atomic E-state index is 0.00736. The standard InChI is InChI=1S/C11H19N3O4/c1-3-4-9-10(11(16)17-2)12-13-14(9)5-7-18-8-6-15/h15H,3-8H2,1-2H3. The topological polar surface area (TPSA) is 86.5 Å². The Morgan fingerprint density at radius 3 is 2.83 bits per heavy atom. The van der Waals surface area contributed by atoms with Crippen LogP contribution in [0.3, 0.4) is 0 Å². The summed E-state index contributed by atoms with van der Waals surface area (Å²) < 4.78 is 11.5. The number of ether oxygens (including phenoxy) is 2. The minimum Gasteiger partial charge on any atom is -0.464 e. The Labute approximate surface area is 106 Å². The first kappa shape index (κ1) is 14.6. The number of hydrogen-bond acceptors (Lipinski definition) is 6. The molecule has 0 amide bonds. The van der Waals surface area contributed by atoms with E-state index < -0.39 is 5.97 Å². The van der Waals surface area contributed by atoms with Gasteiger partial charge in [-0.1, -0.05) is 18.6 Å². The number of aromatic nitrogens is 3. The third kappa shape index (κ3) is 3.78. The molecule has 1 rings (SSSR count). The van der Waals surface area contributed by atoms with Crippen LogP contribution >= 0.6 is 0 Å². The van der Waals surface area contributed by atoms with Crippen LogP contribution in [0.1, 0.15) is 29.5 Å². The molecule has 0 spiro atoms. The first-order valence-corrected chi connectivity index (χ1v) is 5.93. The summed E-state index contributed by atoms with van der Waals surface area (Å²) in [5.74, 6) is -0.471. The molecule has 0 aliphatic rings. The van der Waals surface area contributed by atoms with E-state index >= 15 is 0 Å². The summed E-state index contributed by atoms with van der Waals surface area (Å²) >= 11 is 0. The fourth-order valence-electron chi connectivity index (χ4n) is 1.57. The first-order chi connectivity index (χ1) is 8.74. The van der Waals surface area contributed by atoms with Crippen molar-refractivity contribution in [2.45, 2.75) is 26.3 Å². The van der Waals surface area contributed by atoms with E-state index in [2.05, 4.69) is 15.0 Å². The van der Waals surface area contributed by atoms with Crippen molar-refractivity contribution < 1.29 is 19.4 Å². The van der Waals surface area contributed by atoms with Crippen molar-refractivity contribution in [1.82, 2.24) is 15.0 Å². The maximum absolute atomic E-state index is 11.5. The van der Waals surface area contributed by atoms with Crippen LogP contribution in [0.15, 0.2) is 0 Å². The zero-order valence-corrected chi connectivity index (χ0v) is 10.8. The van der Waals surface area contributed by atoms with Crippen LogP contribution in [0.5, 0.6) is 0 Å². The lowest BCUT2D eigenvalue weighted by atomic mass is 10.2. The summed E-state index contributed by atoms with van der Waals surface area (Å²) in [6.45, 7) is 3.22. The van der Waals surface area contributed by atoms with Crippen LogP contribution in [0.25, 0.3) is 0 Å². The molecule has 0 aliphatic carbocycles. The first-order valence-electron chi connectivity index (χ1n) is 5.93. The van der Waals surface area contributed by atoms with Crippen molar-refractivity contribution in [3.8, 4) is 0 Å². The minimum atomic E-state index is -0.471. The van der Waals surface area contributed by atoms with Gasteiger partial charge in [0, 0.05) is 0 Å². The number of hydrogen-bond donors (Lipinski definition) is 1. The smallest absolute Gasteiger partial charge is 0.360 e. The number of carbonyl (C=O) groups excluding carboxylic acids is 1. The average molecular weight is 257 g/mol. The third-order valence-electron chi connectivity index (χ3n) is 2.39. The van der Waals surface area contributed by atoms with Crippen LogP contribution in [0, 0.1) is 0 Å². The number of esters is 1. The number of nitrogens with zero attached hydrogens (tertiary/aromatic N) is 3. The fraction of sp³-hybridized carbons (Fsp3) is 0.727. The summed E-state index contributed by atoms with van der Waals surface area (Å²) in [5.41, 5.74) is 1.03. The highest BCUT2D eigenvalue weighted by molar-refractivity contribution is 5.88. The number of aliphatic hydroxyl groups is 1. The number of methoxy groups -OCH3 is 1. The molecule has 1 aromatic heterocycles. The highest BCUT2D eigenvalue weighted by atomic mass is 16.5. The molecule has 1 N–H and O–H groups in total. The van der Waals surface area contributed by atoms with Gasteiger partial charge in [-0.15, -0.1) is 5.10 Å². The quantitative estimate of drug-likeness (QED) is 0.522. The Bertz CT molecular complexity index is 378. The van der Waals surface area contributed by atoms with Gasteiger partial charge in [-0.3, -0.25) is 0 Å². The number of aliphatic hydroxyl groups excluding tert-OH is 1. The second-order valence-electron chi connectivity index (χ2n) is 3.69. The Kier molecular flexibility index (Phi) is 6.31. The van der Waals surface area contributed by atoms with E-state index in [9.17, 15) is 4.79 Å². The SMILES string of the molecule is CCCc1c(C(=O)OC)nnn1CCOCCO. The number of rotatable bonds is 8. The second kappa shape index (κ2) is 7.78. The van der Waals surface area contributed by atoms with Gasteiger partial charge in [0.25, 0.3) is 0 Å². The molecule has 0 atom stereocenters. The zero-order chi connectivity index (χ0) is 13.4. The monoisotopic (exact) mass is 257 g/mol. The largest absolute Gasteiger partial charge is 0.464 e. The van der Waals surface area contributed by atoms with Gasteiger partial charge < -0.3 is 14.6 Å². The maximum Gasteiger partial charge on any atom is 0.360 e. The van der Waals surface area contributed by atoms with Crippen LogP contribution in [0.2, 0.25) is 0 Å². The van der Waals surface area contributed by atoms with Crippen molar-refractivity contribution in [2.24, 2.45) is 0 Å². The molecule has 0 bridgehead atoms. The predicted molar refractivity (Wildman–Crippen MR) is 63.3 cm³/mol. The van der Waals surface area contributed by atoms with E-state index in [1.807, 2.05) is 6.92 Å². The van der Waals surface area contributed by atoms with Crippen molar-refractivity contribution in [1.29, 1.82) is 0 Å². The molecule has 0 saturated heterocycles. The van der Waals surface area contributed by atoms with E-state index in [0.29, 0.717) is 26.2 Å². The summed E-state index contributed by atoms with van der Waals surface area (Å²) in [7, 11) is 1.32. The van der Waals surface area contributed by atoms with Gasteiger partial charge in [-0.05, 0) is 6.42 Å². The van der Waals surface area contributed by atoms with E-state index in [1.165, 1.54) is 7.11 Å². The Hall–Kier alpha value is -1.47. The van der Waals surface area contributed by atoms with Gasteiger partial charge in [0.15, 0.2) is 5.69 Å². The lowest BCUT2D eigenvalue weighted by molar-refractivity contribution is 0.0592. The van der Waals surface area contributed by atoms with Crippen LogP contribution in [0.4, 0.5) is 0 Å². The van der Waals surface area contributed by atoms with Crippen molar-refractivity contribution in [3.63, 3.8) is 0 Å². The molecule has 7 heteroatoms. The molecule has 0 fully saturated rings. The van der Waals surface area contributed by atoms with Crippen molar-refractivity contribution >= 4 is 5.97 Å². The molecule has 102 valence electrons. The lowest BCUT2D eigenvalue weighted by Gasteiger charge is -2.06. The van der Waals surface area contributed by atoms with Crippen molar-refractivity contribution in [2.75, 3.05) is 26.9 Å². The fourth-order valence-corrected chi connectivity index (χ4v) is 1.57. The summed E-state index contributed by atoms with van der Waals surface area (Å²) in [4.78, 5) is 11.5. The third-order valence-corrected chi connectivity index (χ3v) is 2.39. The summed E-state index contributed by atoms with van der Waals surface area (Å²) in [5, 5.41) is 16.4. The molecule has 0 radical (unpaired) electrons. The molecule has 1 heterocycles. The van der Waals surface area contributed by atoms with Crippen LogP contribution in [-0.4, -0.2) is 53.0 Å². The molecule has 0 unspecified atom stereocenters. The molecular formula is C11H19N3O4. The molecule has 1 aromatic rings. The van der Waals surface area contributed by atoms with Gasteiger partial charge in [0.2, 0.25) is 0 Å². The van der Waals surface area contributed by atoms with E-state index in [1.54, 1.807) is 4.68 Å². The van der Waals surface area contributed by atoms with E-state index in [4.69, 9.17) is 9.84 Å². The van der Waals surface area contributed by atoms with Crippen molar-refractivity contribution in [3.05, 3.63) is 11.4 Å². The highest BCUT2D eigenvalue weighted by Crippen LogP contribution is 2.09. The van der Waals surface area contributed by atoms with Gasteiger partial charge in [-0.2, -0.15) is 0 Å². The Balaban J connectivity index is 2.71. The second-order valence-corrected chi connectivity index (χ2v) is 3.69. The maximum atomic E-state index is 11.5. The van der Waals surface area contributed by atoms with E-state index in [-0.39, 0.29) is 12.3 Å². The molecule has 7 nitrogen and oxygen atoms in total. The molecule has 0 aromatic carbocycles. The summed E-state index contributed by atoms with van der Waals surface area (Å²) in [6, 6.07) is 0. The van der Waals surface area contributed by atoms with Gasteiger partial charge in [0.05, 0.1) is 39.2 Å². The lowest BCUT2D eigenvalue weighted by Crippen LogP contribution is -2.13.